The van der Waals surface area contributed by atoms with Crippen molar-refractivity contribution in [3.05, 3.63) is 41.2 Å². The summed E-state index contributed by atoms with van der Waals surface area (Å²) in [7, 11) is 1.13. The summed E-state index contributed by atoms with van der Waals surface area (Å²) in [6.45, 7) is 1.63. The van der Waals surface area contributed by atoms with Crippen LogP contribution in [0.2, 0.25) is 0 Å². The summed E-state index contributed by atoms with van der Waals surface area (Å²) in [5.41, 5.74) is -0.483. The third-order valence-corrected chi connectivity index (χ3v) is 2.81. The summed E-state index contributed by atoms with van der Waals surface area (Å²) < 4.78 is 57.5. The molecule has 0 radical (unpaired) electrons. The molecule has 0 aromatic heterocycles. The molecule has 0 N–H and O–H groups in total. The fourth-order valence-electron chi connectivity index (χ4n) is 1.98. The number of rotatable bonds is 1. The van der Waals surface area contributed by atoms with Crippen molar-refractivity contribution in [3.8, 4) is 5.75 Å². The number of benzene rings is 2. The van der Waals surface area contributed by atoms with E-state index in [2.05, 4.69) is 4.74 Å². The van der Waals surface area contributed by atoms with Gasteiger partial charge in [0.05, 0.1) is 7.11 Å². The lowest BCUT2D eigenvalue weighted by molar-refractivity contribution is -0.137. The number of ether oxygens (including phenoxy) is 1. The van der Waals surface area contributed by atoms with Crippen LogP contribution in [-0.2, 0) is 6.18 Å². The molecule has 18 heavy (non-hydrogen) atoms. The van der Waals surface area contributed by atoms with Gasteiger partial charge in [-0.05, 0) is 30.0 Å². The maximum Gasteiger partial charge on any atom is 0.420 e. The molecule has 0 saturated heterocycles. The van der Waals surface area contributed by atoms with Gasteiger partial charge in [-0.2, -0.15) is 13.2 Å². The molecule has 1 nitrogen and oxygen atoms in total. The first-order valence-electron chi connectivity index (χ1n) is 5.19. The Balaban J connectivity index is 2.98. The van der Waals surface area contributed by atoms with Gasteiger partial charge in [-0.3, -0.25) is 0 Å². The van der Waals surface area contributed by atoms with Gasteiger partial charge in [-0.25, -0.2) is 4.39 Å². The Bertz CT molecular complexity index is 602. The summed E-state index contributed by atoms with van der Waals surface area (Å²) in [6, 6.07) is 5.12. The number of hydrogen-bond donors (Lipinski definition) is 0. The number of methoxy groups -OCH3 is 1. The van der Waals surface area contributed by atoms with Crippen molar-refractivity contribution in [2.24, 2.45) is 0 Å². The van der Waals surface area contributed by atoms with Gasteiger partial charge in [-0.1, -0.05) is 12.1 Å². The van der Waals surface area contributed by atoms with Crippen LogP contribution in [0.1, 0.15) is 11.1 Å². The Hall–Kier alpha value is -1.78. The monoisotopic (exact) mass is 258 g/mol. The Morgan fingerprint density at radius 1 is 1.06 bits per heavy atom. The van der Waals surface area contributed by atoms with Crippen molar-refractivity contribution >= 4 is 10.8 Å². The highest BCUT2D eigenvalue weighted by molar-refractivity contribution is 5.91. The minimum absolute atomic E-state index is 0.239. The second-order valence-electron chi connectivity index (χ2n) is 3.93. The Morgan fingerprint density at radius 2 is 1.72 bits per heavy atom. The molecule has 0 aliphatic rings. The van der Waals surface area contributed by atoms with E-state index in [0.29, 0.717) is 5.56 Å². The van der Waals surface area contributed by atoms with Crippen molar-refractivity contribution < 1.29 is 22.3 Å². The second-order valence-corrected chi connectivity index (χ2v) is 3.93. The number of alkyl halides is 3. The van der Waals surface area contributed by atoms with Crippen molar-refractivity contribution in [2.75, 3.05) is 7.11 Å². The first kappa shape index (κ1) is 12.7. The molecule has 0 atom stereocenters. The minimum Gasteiger partial charge on any atom is -0.496 e. The summed E-state index contributed by atoms with van der Waals surface area (Å²) in [6.07, 6.45) is -4.67. The van der Waals surface area contributed by atoms with Crippen LogP contribution in [0.3, 0.4) is 0 Å². The van der Waals surface area contributed by atoms with E-state index in [0.717, 1.165) is 13.2 Å². The van der Waals surface area contributed by atoms with Crippen molar-refractivity contribution in [3.63, 3.8) is 0 Å². The van der Waals surface area contributed by atoms with E-state index in [9.17, 15) is 17.6 Å². The molecule has 0 unspecified atom stereocenters. The maximum atomic E-state index is 13.7. The van der Waals surface area contributed by atoms with Gasteiger partial charge in [-0.15, -0.1) is 0 Å². The number of fused-ring (bicyclic) bond motifs is 1. The molecule has 96 valence electrons. The van der Waals surface area contributed by atoms with Crippen molar-refractivity contribution in [2.45, 2.75) is 13.1 Å². The van der Waals surface area contributed by atoms with Gasteiger partial charge in [0.1, 0.15) is 17.1 Å². The quantitative estimate of drug-likeness (QED) is 0.692. The molecule has 2 aromatic rings. The molecular weight excluding hydrogens is 248 g/mol. The largest absolute Gasteiger partial charge is 0.496 e. The molecule has 0 aliphatic heterocycles. The van der Waals surface area contributed by atoms with Crippen LogP contribution in [0.15, 0.2) is 24.3 Å². The fraction of sp³-hybridized carbons (Fsp3) is 0.231. The highest BCUT2D eigenvalue weighted by Gasteiger charge is 2.37. The molecule has 0 fully saturated rings. The van der Waals surface area contributed by atoms with E-state index < -0.39 is 22.9 Å². The SMILES string of the molecule is COc1ccc2c(C)ccc(F)c2c1C(F)(F)F. The van der Waals surface area contributed by atoms with Crippen LogP contribution in [0.25, 0.3) is 10.8 Å². The summed E-state index contributed by atoms with van der Waals surface area (Å²) in [5, 5.41) is -0.204. The molecule has 0 saturated carbocycles. The normalized spacial score (nSPS) is 11.9. The summed E-state index contributed by atoms with van der Waals surface area (Å²) >= 11 is 0. The van der Waals surface area contributed by atoms with Gasteiger partial charge in [0.25, 0.3) is 0 Å². The summed E-state index contributed by atoms with van der Waals surface area (Å²) in [4.78, 5) is 0. The smallest absolute Gasteiger partial charge is 0.420 e. The minimum atomic E-state index is -4.67. The van der Waals surface area contributed by atoms with Gasteiger partial charge >= 0.3 is 6.18 Å². The van der Waals surface area contributed by atoms with E-state index in [1.165, 1.54) is 18.2 Å². The second kappa shape index (κ2) is 4.15. The predicted octanol–water partition coefficient (Wildman–Crippen LogP) is 4.31. The van der Waals surface area contributed by atoms with Gasteiger partial charge in [0.15, 0.2) is 0 Å². The Morgan fingerprint density at radius 3 is 2.28 bits per heavy atom. The highest BCUT2D eigenvalue weighted by atomic mass is 19.4. The highest BCUT2D eigenvalue weighted by Crippen LogP contribution is 2.42. The van der Waals surface area contributed by atoms with Crippen LogP contribution in [0.4, 0.5) is 17.6 Å². The first-order valence-corrected chi connectivity index (χ1v) is 5.19. The number of aryl methyl sites for hydroxylation is 1. The van der Waals surface area contributed by atoms with Gasteiger partial charge in [0.2, 0.25) is 0 Å². The molecule has 5 heteroatoms. The third-order valence-electron chi connectivity index (χ3n) is 2.81. The molecular formula is C13H10F4O. The molecule has 2 aromatic carbocycles. The zero-order valence-electron chi connectivity index (χ0n) is 9.73. The number of hydrogen-bond acceptors (Lipinski definition) is 1. The predicted molar refractivity (Wildman–Crippen MR) is 60.2 cm³/mol. The van der Waals surface area contributed by atoms with Gasteiger partial charge < -0.3 is 4.74 Å². The Kier molecular flexibility index (Phi) is 2.92. The topological polar surface area (TPSA) is 9.23 Å². The van der Waals surface area contributed by atoms with E-state index in [1.54, 1.807) is 6.92 Å². The third kappa shape index (κ3) is 1.89. The van der Waals surface area contributed by atoms with Crippen LogP contribution in [0, 0.1) is 12.7 Å². The van der Waals surface area contributed by atoms with E-state index in [4.69, 9.17) is 0 Å². The average molecular weight is 258 g/mol. The molecule has 0 heterocycles. The first-order chi connectivity index (χ1) is 8.36. The lowest BCUT2D eigenvalue weighted by atomic mass is 9.99. The molecule has 2 rings (SSSR count). The van der Waals surface area contributed by atoms with Crippen LogP contribution >= 0.6 is 0 Å². The number of halogens is 4. The van der Waals surface area contributed by atoms with E-state index >= 15 is 0 Å². The van der Waals surface area contributed by atoms with E-state index in [1.807, 2.05) is 0 Å². The summed E-state index contributed by atoms with van der Waals surface area (Å²) in [5.74, 6) is -1.28. The molecule has 0 bridgehead atoms. The Labute approximate surface area is 101 Å². The van der Waals surface area contributed by atoms with Crippen LogP contribution in [-0.4, -0.2) is 7.11 Å². The maximum absolute atomic E-state index is 13.7. The molecule has 0 amide bonds. The van der Waals surface area contributed by atoms with Crippen LogP contribution < -0.4 is 4.74 Å². The lowest BCUT2D eigenvalue weighted by Crippen LogP contribution is -2.09. The van der Waals surface area contributed by atoms with E-state index in [-0.39, 0.29) is 11.1 Å². The van der Waals surface area contributed by atoms with Crippen LogP contribution in [0.5, 0.6) is 5.75 Å². The lowest BCUT2D eigenvalue weighted by Gasteiger charge is -2.16. The zero-order chi connectivity index (χ0) is 13.5. The zero-order valence-corrected chi connectivity index (χ0v) is 9.73. The van der Waals surface area contributed by atoms with Crippen molar-refractivity contribution in [1.82, 2.24) is 0 Å². The molecule has 0 spiro atoms. The fourth-order valence-corrected chi connectivity index (χ4v) is 1.98. The molecule has 0 aliphatic carbocycles. The van der Waals surface area contributed by atoms with Gasteiger partial charge in [0, 0.05) is 5.39 Å². The van der Waals surface area contributed by atoms with Crippen molar-refractivity contribution in [1.29, 1.82) is 0 Å². The standard InChI is InChI=1S/C13H10F4O/c1-7-3-5-9(14)11-8(7)4-6-10(18-2)12(11)13(15,16)17/h3-6H,1-2H3. The average Bonchev–Trinajstić information content (AvgIpc) is 2.31.